The van der Waals surface area contributed by atoms with Gasteiger partial charge in [-0.05, 0) is 31.5 Å². The number of hydrogen-bond donors (Lipinski definition) is 1. The molecule has 4 nitrogen and oxygen atoms in total. The third-order valence-corrected chi connectivity index (χ3v) is 4.66. The van der Waals surface area contributed by atoms with Crippen LogP contribution < -0.4 is 10.6 Å². The fraction of sp³-hybridized carbons (Fsp3) is 0.500. The average Bonchev–Trinajstić information content (AvgIpc) is 2.22. The van der Waals surface area contributed by atoms with Crippen LogP contribution in [0.5, 0.6) is 0 Å². The summed E-state index contributed by atoms with van der Waals surface area (Å²) in [5.41, 5.74) is 7.66. The summed E-state index contributed by atoms with van der Waals surface area (Å²) in [7, 11) is -3.11. The summed E-state index contributed by atoms with van der Waals surface area (Å²) < 4.78 is 23.9. The summed E-state index contributed by atoms with van der Waals surface area (Å²) in [6.45, 7) is 5.11. The van der Waals surface area contributed by atoms with Crippen molar-refractivity contribution in [2.24, 2.45) is 5.73 Å². The van der Waals surface area contributed by atoms with E-state index in [1.165, 1.54) is 0 Å². The van der Waals surface area contributed by atoms with Crippen LogP contribution in [0.2, 0.25) is 0 Å². The highest BCUT2D eigenvalue weighted by molar-refractivity contribution is 7.91. The number of nitrogens with zero attached hydrogens (tertiary/aromatic N) is 1. The zero-order valence-corrected chi connectivity index (χ0v) is 11.0. The van der Waals surface area contributed by atoms with E-state index >= 15 is 0 Å². The van der Waals surface area contributed by atoms with Gasteiger partial charge in [0, 0.05) is 19.1 Å². The van der Waals surface area contributed by atoms with E-state index in [4.69, 9.17) is 5.73 Å². The van der Waals surface area contributed by atoms with Crippen molar-refractivity contribution in [3.8, 4) is 0 Å². The minimum Gasteiger partial charge on any atom is -0.368 e. The lowest BCUT2D eigenvalue weighted by Crippen LogP contribution is -2.41. The third-order valence-electron chi connectivity index (χ3n) is 2.93. The Kier molecular flexibility index (Phi) is 3.14. The number of sulfone groups is 1. The Hall–Kier alpha value is -1.07. The van der Waals surface area contributed by atoms with Gasteiger partial charge in [-0.2, -0.15) is 0 Å². The smallest absolute Gasteiger partial charge is 0.182 e. The van der Waals surface area contributed by atoms with Crippen LogP contribution >= 0.6 is 0 Å². The molecule has 1 aliphatic heterocycles. The van der Waals surface area contributed by atoms with Gasteiger partial charge < -0.3 is 10.6 Å². The first-order valence-electron chi connectivity index (χ1n) is 5.74. The molecular weight excluding hydrogens is 236 g/mol. The molecule has 0 saturated heterocycles. The van der Waals surface area contributed by atoms with Crippen LogP contribution in [-0.4, -0.2) is 33.3 Å². The molecule has 0 bridgehead atoms. The Balaban J connectivity index is 2.49. The second-order valence-corrected chi connectivity index (χ2v) is 6.79. The van der Waals surface area contributed by atoms with E-state index in [-0.39, 0.29) is 11.8 Å². The number of rotatable bonds is 2. The molecule has 0 aromatic heterocycles. The molecule has 0 spiro atoms. The number of nitrogens with two attached hydrogens (primary N) is 1. The minimum atomic E-state index is -3.11. The second kappa shape index (κ2) is 4.31. The molecule has 94 valence electrons. The maximum absolute atomic E-state index is 12.0. The number of anilines is 1. The zero-order chi connectivity index (χ0) is 12.6. The molecule has 0 aliphatic carbocycles. The van der Waals surface area contributed by atoms with E-state index in [0.717, 1.165) is 11.3 Å². The van der Waals surface area contributed by atoms with Gasteiger partial charge in [0.1, 0.15) is 0 Å². The van der Waals surface area contributed by atoms with Gasteiger partial charge in [-0.15, -0.1) is 0 Å². The summed E-state index contributed by atoms with van der Waals surface area (Å²) in [4.78, 5) is 2.50. The van der Waals surface area contributed by atoms with E-state index in [2.05, 4.69) is 4.90 Å². The molecule has 2 N–H and O–H groups in total. The van der Waals surface area contributed by atoms with Gasteiger partial charge in [-0.3, -0.25) is 0 Å². The van der Waals surface area contributed by atoms with Gasteiger partial charge in [0.25, 0.3) is 0 Å². The standard InChI is InChI=1S/C12H18N2O2S/c1-9-3-4-12-11(7-9)14(8-10(2)13)5-6-17(12,15)16/h3-4,7,10H,5-6,8,13H2,1-2H3. The topological polar surface area (TPSA) is 63.4 Å². The Morgan fingerprint density at radius 3 is 2.82 bits per heavy atom. The van der Waals surface area contributed by atoms with Gasteiger partial charge in [0.15, 0.2) is 9.84 Å². The highest BCUT2D eigenvalue weighted by Crippen LogP contribution is 2.31. The van der Waals surface area contributed by atoms with Crippen LogP contribution in [0.1, 0.15) is 12.5 Å². The van der Waals surface area contributed by atoms with Crippen molar-refractivity contribution in [1.29, 1.82) is 0 Å². The van der Waals surface area contributed by atoms with Crippen molar-refractivity contribution in [2.45, 2.75) is 24.8 Å². The molecule has 1 heterocycles. The van der Waals surface area contributed by atoms with Gasteiger partial charge in [-0.1, -0.05) is 6.07 Å². The van der Waals surface area contributed by atoms with Crippen LogP contribution in [0.25, 0.3) is 0 Å². The molecule has 1 aliphatic rings. The molecule has 0 fully saturated rings. The van der Waals surface area contributed by atoms with Gasteiger partial charge in [0.2, 0.25) is 0 Å². The Labute approximate surface area is 102 Å². The van der Waals surface area contributed by atoms with Crippen molar-refractivity contribution in [3.05, 3.63) is 23.8 Å². The van der Waals surface area contributed by atoms with Crippen LogP contribution in [0, 0.1) is 6.92 Å². The monoisotopic (exact) mass is 254 g/mol. The van der Waals surface area contributed by atoms with Crippen LogP contribution in [0.3, 0.4) is 0 Å². The first-order chi connectivity index (χ1) is 7.90. The van der Waals surface area contributed by atoms with Crippen LogP contribution in [-0.2, 0) is 9.84 Å². The summed E-state index contributed by atoms with van der Waals surface area (Å²) in [5.74, 6) is 0.176. The van der Waals surface area contributed by atoms with Crippen molar-refractivity contribution in [3.63, 3.8) is 0 Å². The van der Waals surface area contributed by atoms with E-state index in [1.54, 1.807) is 6.07 Å². The largest absolute Gasteiger partial charge is 0.368 e. The maximum atomic E-state index is 12.0. The molecular formula is C12H18N2O2S. The molecule has 2 rings (SSSR count). The predicted molar refractivity (Wildman–Crippen MR) is 69.1 cm³/mol. The fourth-order valence-corrected chi connectivity index (χ4v) is 3.60. The quantitative estimate of drug-likeness (QED) is 0.853. The van der Waals surface area contributed by atoms with E-state index in [9.17, 15) is 8.42 Å². The summed E-state index contributed by atoms with van der Waals surface area (Å²) in [6.07, 6.45) is 0. The highest BCUT2D eigenvalue weighted by atomic mass is 32.2. The van der Waals surface area contributed by atoms with Crippen molar-refractivity contribution >= 4 is 15.5 Å². The van der Waals surface area contributed by atoms with Crippen molar-refractivity contribution in [2.75, 3.05) is 23.7 Å². The highest BCUT2D eigenvalue weighted by Gasteiger charge is 2.28. The normalized spacial score (nSPS) is 19.8. The van der Waals surface area contributed by atoms with E-state index in [1.807, 2.05) is 26.0 Å². The lowest BCUT2D eigenvalue weighted by atomic mass is 10.2. The maximum Gasteiger partial charge on any atom is 0.182 e. The lowest BCUT2D eigenvalue weighted by Gasteiger charge is -2.32. The third kappa shape index (κ3) is 2.45. The van der Waals surface area contributed by atoms with Gasteiger partial charge in [0.05, 0.1) is 16.3 Å². The molecule has 1 aromatic carbocycles. The molecule has 1 unspecified atom stereocenters. The van der Waals surface area contributed by atoms with E-state index in [0.29, 0.717) is 18.0 Å². The molecule has 5 heteroatoms. The SMILES string of the molecule is Cc1ccc2c(c1)N(CC(C)N)CCS2(=O)=O. The first-order valence-corrected chi connectivity index (χ1v) is 7.39. The summed E-state index contributed by atoms with van der Waals surface area (Å²) in [6, 6.07) is 5.50. The molecule has 1 atom stereocenters. The fourth-order valence-electron chi connectivity index (χ4n) is 2.14. The van der Waals surface area contributed by atoms with Crippen molar-refractivity contribution in [1.82, 2.24) is 0 Å². The zero-order valence-electron chi connectivity index (χ0n) is 10.2. The summed E-state index contributed by atoms with van der Waals surface area (Å²) in [5, 5.41) is 0. The first kappa shape index (κ1) is 12.4. The second-order valence-electron chi connectivity index (χ2n) is 4.71. The van der Waals surface area contributed by atoms with Crippen LogP contribution in [0.4, 0.5) is 5.69 Å². The molecule has 1 aromatic rings. The average molecular weight is 254 g/mol. The summed E-state index contributed by atoms with van der Waals surface area (Å²) >= 11 is 0. The van der Waals surface area contributed by atoms with E-state index < -0.39 is 9.84 Å². The Bertz CT molecular complexity index is 523. The molecule has 0 amide bonds. The number of benzene rings is 1. The minimum absolute atomic E-state index is 0.0316. The Morgan fingerprint density at radius 1 is 1.47 bits per heavy atom. The van der Waals surface area contributed by atoms with Crippen LogP contribution in [0.15, 0.2) is 23.1 Å². The number of hydrogen-bond acceptors (Lipinski definition) is 4. The number of aryl methyl sites for hydroxylation is 1. The van der Waals surface area contributed by atoms with Gasteiger partial charge >= 0.3 is 0 Å². The predicted octanol–water partition coefficient (Wildman–Crippen LogP) is 0.936. The van der Waals surface area contributed by atoms with Crippen molar-refractivity contribution < 1.29 is 8.42 Å². The lowest BCUT2D eigenvalue weighted by molar-refractivity contribution is 0.585. The molecule has 17 heavy (non-hydrogen) atoms. The van der Waals surface area contributed by atoms with Gasteiger partial charge in [-0.25, -0.2) is 8.42 Å². The molecule has 0 radical (unpaired) electrons. The molecule has 0 saturated carbocycles. The number of fused-ring (bicyclic) bond motifs is 1. The Morgan fingerprint density at radius 2 is 2.18 bits per heavy atom.